The second-order valence-corrected chi connectivity index (χ2v) is 5.82. The van der Waals surface area contributed by atoms with E-state index in [1.54, 1.807) is 50.5 Å². The number of benzene rings is 2. The van der Waals surface area contributed by atoms with Crippen molar-refractivity contribution in [3.8, 4) is 17.2 Å². The Morgan fingerprint density at radius 2 is 1.71 bits per heavy atom. The van der Waals surface area contributed by atoms with E-state index in [2.05, 4.69) is 25.8 Å². The average Bonchev–Trinajstić information content (AvgIpc) is 3.21. The Morgan fingerprint density at radius 1 is 1.00 bits per heavy atom. The van der Waals surface area contributed by atoms with Gasteiger partial charge in [0, 0.05) is 16.3 Å². The van der Waals surface area contributed by atoms with Crippen molar-refractivity contribution in [1.82, 2.24) is 19.8 Å². The predicted molar refractivity (Wildman–Crippen MR) is 106 cm³/mol. The Bertz CT molecular complexity index is 1150. The molecule has 0 aliphatic rings. The third kappa shape index (κ3) is 3.02. The van der Waals surface area contributed by atoms with Crippen LogP contribution in [-0.4, -0.2) is 47.4 Å². The monoisotopic (exact) mass is 378 g/mol. The summed E-state index contributed by atoms with van der Waals surface area (Å²) in [5.74, 6) is 2.22. The number of hydrogen-bond donors (Lipinski definition) is 1. The molecular formula is C19H18N6O3. The van der Waals surface area contributed by atoms with Crippen LogP contribution in [0.4, 0.5) is 5.82 Å². The molecule has 0 aliphatic heterocycles. The summed E-state index contributed by atoms with van der Waals surface area (Å²) in [5.41, 5.74) is 4.45. The fourth-order valence-electron chi connectivity index (χ4n) is 2.95. The summed E-state index contributed by atoms with van der Waals surface area (Å²) in [6.45, 7) is 0. The van der Waals surface area contributed by atoms with Crippen LogP contribution >= 0.6 is 0 Å². The Labute approximate surface area is 160 Å². The molecule has 0 atom stereocenters. The van der Waals surface area contributed by atoms with Crippen molar-refractivity contribution < 1.29 is 14.2 Å². The minimum absolute atomic E-state index is 0.529. The first-order valence-electron chi connectivity index (χ1n) is 8.43. The molecule has 0 fully saturated rings. The summed E-state index contributed by atoms with van der Waals surface area (Å²) in [5, 5.41) is 18.7. The summed E-state index contributed by atoms with van der Waals surface area (Å²) < 4.78 is 17.7. The van der Waals surface area contributed by atoms with Crippen LogP contribution in [0.3, 0.4) is 0 Å². The SMILES string of the molecule is COc1cc(/C=N/Nc2nn3cnnc3c3ccccc23)cc(OC)c1OC. The number of rotatable bonds is 6. The van der Waals surface area contributed by atoms with Crippen LogP contribution in [0.5, 0.6) is 17.2 Å². The van der Waals surface area contributed by atoms with Crippen molar-refractivity contribution in [2.45, 2.75) is 0 Å². The maximum atomic E-state index is 5.36. The topological polar surface area (TPSA) is 95.2 Å². The van der Waals surface area contributed by atoms with Gasteiger partial charge in [-0.3, -0.25) is 5.43 Å². The molecule has 2 aromatic heterocycles. The van der Waals surface area contributed by atoms with Crippen LogP contribution in [0.15, 0.2) is 47.8 Å². The minimum atomic E-state index is 0.529. The number of anilines is 1. The van der Waals surface area contributed by atoms with Crippen molar-refractivity contribution in [3.63, 3.8) is 0 Å². The molecule has 0 saturated heterocycles. The third-order valence-corrected chi connectivity index (χ3v) is 4.23. The molecule has 0 amide bonds. The van der Waals surface area contributed by atoms with Crippen LogP contribution in [0, 0.1) is 0 Å². The molecule has 0 aliphatic carbocycles. The van der Waals surface area contributed by atoms with Crippen LogP contribution < -0.4 is 19.6 Å². The zero-order chi connectivity index (χ0) is 19.5. The fourth-order valence-corrected chi connectivity index (χ4v) is 2.95. The van der Waals surface area contributed by atoms with Gasteiger partial charge in [-0.15, -0.1) is 15.3 Å². The van der Waals surface area contributed by atoms with Gasteiger partial charge < -0.3 is 14.2 Å². The van der Waals surface area contributed by atoms with E-state index in [0.29, 0.717) is 28.7 Å². The van der Waals surface area contributed by atoms with Gasteiger partial charge in [-0.25, -0.2) is 0 Å². The van der Waals surface area contributed by atoms with E-state index in [-0.39, 0.29) is 0 Å². The van der Waals surface area contributed by atoms with Gasteiger partial charge in [-0.2, -0.15) is 9.62 Å². The summed E-state index contributed by atoms with van der Waals surface area (Å²) in [4.78, 5) is 0. The molecule has 0 spiro atoms. The lowest BCUT2D eigenvalue weighted by atomic mass is 10.2. The van der Waals surface area contributed by atoms with Crippen molar-refractivity contribution in [2.24, 2.45) is 5.10 Å². The molecule has 4 aromatic rings. The van der Waals surface area contributed by atoms with Crippen LogP contribution in [0.2, 0.25) is 0 Å². The van der Waals surface area contributed by atoms with Crippen molar-refractivity contribution >= 4 is 28.5 Å². The Morgan fingerprint density at radius 3 is 2.39 bits per heavy atom. The zero-order valence-electron chi connectivity index (χ0n) is 15.6. The molecule has 9 heteroatoms. The van der Waals surface area contributed by atoms with Gasteiger partial charge in [0.1, 0.15) is 6.33 Å². The molecule has 0 unspecified atom stereocenters. The molecule has 1 N–H and O–H groups in total. The van der Waals surface area contributed by atoms with Gasteiger partial charge in [0.25, 0.3) is 0 Å². The van der Waals surface area contributed by atoms with Crippen molar-refractivity contribution in [3.05, 3.63) is 48.3 Å². The van der Waals surface area contributed by atoms with Gasteiger partial charge in [0.05, 0.1) is 27.5 Å². The first kappa shape index (κ1) is 17.5. The van der Waals surface area contributed by atoms with Gasteiger partial charge in [0.15, 0.2) is 23.0 Å². The van der Waals surface area contributed by atoms with Crippen molar-refractivity contribution in [1.29, 1.82) is 0 Å². The second-order valence-electron chi connectivity index (χ2n) is 5.82. The van der Waals surface area contributed by atoms with E-state index in [4.69, 9.17) is 14.2 Å². The minimum Gasteiger partial charge on any atom is -0.493 e. The summed E-state index contributed by atoms with van der Waals surface area (Å²) in [7, 11) is 4.70. The van der Waals surface area contributed by atoms with Crippen LogP contribution in [0.1, 0.15) is 5.56 Å². The molecule has 142 valence electrons. The van der Waals surface area contributed by atoms with Crippen LogP contribution in [0.25, 0.3) is 16.4 Å². The standard InChI is InChI=1S/C19H18N6O3/c1-26-15-8-12(9-16(27-2)17(15)28-3)10-20-22-18-13-6-4-5-7-14(13)19-23-21-11-25(19)24-18/h4-11H,1-3H3,(H,22,24)/b20-10+. The molecule has 0 bridgehead atoms. The first-order valence-corrected chi connectivity index (χ1v) is 8.43. The zero-order valence-corrected chi connectivity index (χ0v) is 15.6. The summed E-state index contributed by atoms with van der Waals surface area (Å²) in [6, 6.07) is 11.4. The lowest BCUT2D eigenvalue weighted by Gasteiger charge is -2.12. The molecule has 4 rings (SSSR count). The van der Waals surface area contributed by atoms with Gasteiger partial charge in [-0.05, 0) is 12.1 Å². The largest absolute Gasteiger partial charge is 0.493 e. The molecule has 2 heterocycles. The number of nitrogens with one attached hydrogen (secondary N) is 1. The number of fused-ring (bicyclic) bond motifs is 3. The van der Waals surface area contributed by atoms with Crippen molar-refractivity contribution in [2.75, 3.05) is 26.8 Å². The van der Waals surface area contributed by atoms with E-state index in [1.807, 2.05) is 24.3 Å². The highest BCUT2D eigenvalue weighted by atomic mass is 16.5. The maximum absolute atomic E-state index is 5.36. The van der Waals surface area contributed by atoms with E-state index < -0.39 is 0 Å². The van der Waals surface area contributed by atoms with E-state index in [0.717, 1.165) is 16.3 Å². The van der Waals surface area contributed by atoms with E-state index in [1.165, 1.54) is 0 Å². The number of aromatic nitrogens is 4. The van der Waals surface area contributed by atoms with E-state index >= 15 is 0 Å². The number of nitrogens with zero attached hydrogens (tertiary/aromatic N) is 5. The third-order valence-electron chi connectivity index (χ3n) is 4.23. The second kappa shape index (κ2) is 7.39. The highest BCUT2D eigenvalue weighted by molar-refractivity contribution is 5.99. The molecule has 0 radical (unpaired) electrons. The maximum Gasteiger partial charge on any atom is 0.203 e. The highest BCUT2D eigenvalue weighted by Crippen LogP contribution is 2.37. The Hall–Kier alpha value is -3.88. The van der Waals surface area contributed by atoms with E-state index in [9.17, 15) is 0 Å². The highest BCUT2D eigenvalue weighted by Gasteiger charge is 2.12. The molecule has 9 nitrogen and oxygen atoms in total. The molecule has 28 heavy (non-hydrogen) atoms. The molecule has 0 saturated carbocycles. The fraction of sp³-hybridized carbons (Fsp3) is 0.158. The number of hydrogen-bond acceptors (Lipinski definition) is 8. The van der Waals surface area contributed by atoms with Gasteiger partial charge >= 0.3 is 0 Å². The number of methoxy groups -OCH3 is 3. The first-order chi connectivity index (χ1) is 13.7. The van der Waals surface area contributed by atoms with Crippen LogP contribution in [-0.2, 0) is 0 Å². The number of hydrazone groups is 1. The van der Waals surface area contributed by atoms with Gasteiger partial charge in [-0.1, -0.05) is 24.3 Å². The number of ether oxygens (including phenoxy) is 3. The Balaban J connectivity index is 1.68. The normalized spacial score (nSPS) is 11.2. The van der Waals surface area contributed by atoms with Gasteiger partial charge in [0.2, 0.25) is 5.75 Å². The molecule has 2 aromatic carbocycles. The molecular weight excluding hydrogens is 360 g/mol. The lowest BCUT2D eigenvalue weighted by Crippen LogP contribution is -2.01. The summed E-state index contributed by atoms with van der Waals surface area (Å²) >= 11 is 0. The smallest absolute Gasteiger partial charge is 0.203 e. The lowest BCUT2D eigenvalue weighted by molar-refractivity contribution is 0.324. The Kier molecular flexibility index (Phi) is 4.63. The average molecular weight is 378 g/mol. The summed E-state index contributed by atoms with van der Waals surface area (Å²) in [6.07, 6.45) is 3.20. The predicted octanol–water partition coefficient (Wildman–Crippen LogP) is 2.75. The quantitative estimate of drug-likeness (QED) is 0.407.